The molecule has 0 aromatic heterocycles. The number of benzene rings is 2. The molecule has 2 aromatic carbocycles. The van der Waals surface area contributed by atoms with Crippen molar-refractivity contribution in [2.45, 2.75) is 0 Å². The third kappa shape index (κ3) is 4.05. The lowest BCUT2D eigenvalue weighted by Crippen LogP contribution is -2.33. The van der Waals surface area contributed by atoms with Crippen LogP contribution >= 0.6 is 11.8 Å². The molecule has 0 atom stereocenters. The normalized spacial score (nSPS) is 15.7. The van der Waals surface area contributed by atoms with Gasteiger partial charge in [-0.3, -0.25) is 14.5 Å². The lowest BCUT2D eigenvalue weighted by atomic mass is 10.2. The molecule has 2 amide bonds. The Hall–Kier alpha value is -2.80. The van der Waals surface area contributed by atoms with E-state index in [1.807, 2.05) is 43.3 Å². The fraction of sp³-hybridized carbons (Fsp3) is 0.158. The van der Waals surface area contributed by atoms with E-state index in [9.17, 15) is 14.0 Å². The maximum absolute atomic E-state index is 13.2. The van der Waals surface area contributed by atoms with Crippen molar-refractivity contribution in [1.29, 1.82) is 0 Å². The molecule has 1 saturated heterocycles. The zero-order valence-corrected chi connectivity index (χ0v) is 15.2. The Morgan fingerprint density at radius 2 is 1.88 bits per heavy atom. The molecular weight excluding hydrogens is 353 g/mol. The summed E-state index contributed by atoms with van der Waals surface area (Å²) < 4.78 is 13.2. The molecule has 5 nitrogen and oxygen atoms in total. The minimum Gasteiger partial charge on any atom is -0.378 e. The molecule has 1 aliphatic heterocycles. The maximum Gasteiger partial charge on any atom is 0.295 e. The predicted molar refractivity (Wildman–Crippen MR) is 103 cm³/mol. The summed E-state index contributed by atoms with van der Waals surface area (Å²) in [5, 5.41) is 2.54. The van der Waals surface area contributed by atoms with Crippen molar-refractivity contribution in [3.05, 3.63) is 64.8 Å². The molecule has 0 aliphatic carbocycles. The summed E-state index contributed by atoms with van der Waals surface area (Å²) in [6.45, 7) is -0.00890. The first-order valence-electron chi connectivity index (χ1n) is 7.96. The number of anilines is 2. The van der Waals surface area contributed by atoms with Gasteiger partial charge in [-0.15, -0.1) is 0 Å². The number of halogens is 1. The monoisotopic (exact) mass is 371 g/mol. The number of nitrogens with one attached hydrogen (secondary N) is 1. The van der Waals surface area contributed by atoms with Crippen molar-refractivity contribution in [2.24, 2.45) is 0 Å². The maximum atomic E-state index is 13.2. The van der Waals surface area contributed by atoms with Crippen LogP contribution in [0.2, 0.25) is 0 Å². The number of carbonyl (C=O) groups excluding carboxylic acids is 2. The van der Waals surface area contributed by atoms with E-state index in [1.54, 1.807) is 18.2 Å². The van der Waals surface area contributed by atoms with E-state index in [2.05, 4.69) is 5.32 Å². The molecule has 3 rings (SSSR count). The molecule has 1 heterocycles. The second-order valence-electron chi connectivity index (χ2n) is 5.94. The van der Waals surface area contributed by atoms with Crippen LogP contribution in [0.1, 0.15) is 5.56 Å². The van der Waals surface area contributed by atoms with E-state index in [4.69, 9.17) is 0 Å². The lowest BCUT2D eigenvalue weighted by Gasteiger charge is -2.14. The van der Waals surface area contributed by atoms with Crippen LogP contribution in [0.4, 0.5) is 20.6 Å². The van der Waals surface area contributed by atoms with Crippen LogP contribution in [-0.2, 0) is 4.79 Å². The minimum atomic E-state index is -0.384. The molecule has 0 radical (unpaired) electrons. The van der Waals surface area contributed by atoms with E-state index < -0.39 is 0 Å². The molecule has 0 spiro atoms. The second kappa shape index (κ2) is 7.61. The Morgan fingerprint density at radius 3 is 2.54 bits per heavy atom. The summed E-state index contributed by atoms with van der Waals surface area (Å²) in [6.07, 6.45) is 1.70. The van der Waals surface area contributed by atoms with E-state index in [-0.39, 0.29) is 23.6 Å². The summed E-state index contributed by atoms with van der Waals surface area (Å²) in [6, 6.07) is 13.6. The Kier molecular flexibility index (Phi) is 5.27. The molecule has 7 heteroatoms. The summed E-state index contributed by atoms with van der Waals surface area (Å²) in [5.74, 6) is -0.745. The quantitative estimate of drug-likeness (QED) is 0.805. The molecular formula is C19H18FN3O2S. The van der Waals surface area contributed by atoms with Crippen LogP contribution in [0, 0.1) is 5.82 Å². The van der Waals surface area contributed by atoms with Crippen LogP contribution in [0.15, 0.2) is 53.4 Å². The van der Waals surface area contributed by atoms with Gasteiger partial charge in [0.25, 0.3) is 11.1 Å². The molecule has 0 unspecified atom stereocenters. The smallest absolute Gasteiger partial charge is 0.295 e. The van der Waals surface area contributed by atoms with Crippen LogP contribution in [0.5, 0.6) is 0 Å². The van der Waals surface area contributed by atoms with Crippen LogP contribution < -0.4 is 10.2 Å². The van der Waals surface area contributed by atoms with Crippen molar-refractivity contribution in [1.82, 2.24) is 4.90 Å². The number of rotatable bonds is 5. The molecule has 1 N–H and O–H groups in total. The van der Waals surface area contributed by atoms with Gasteiger partial charge in [0.05, 0.1) is 11.6 Å². The largest absolute Gasteiger partial charge is 0.378 e. The van der Waals surface area contributed by atoms with Crippen LogP contribution in [0.3, 0.4) is 0 Å². The number of nitrogens with zero attached hydrogens (tertiary/aromatic N) is 2. The van der Waals surface area contributed by atoms with Gasteiger partial charge in [-0.1, -0.05) is 18.2 Å². The topological polar surface area (TPSA) is 52.7 Å². The molecule has 2 aromatic rings. The molecule has 1 aliphatic rings. The van der Waals surface area contributed by atoms with Gasteiger partial charge in [0.15, 0.2) is 0 Å². The summed E-state index contributed by atoms with van der Waals surface area (Å²) in [4.78, 5) is 28.1. The number of hydrogen-bond donors (Lipinski definition) is 1. The average molecular weight is 371 g/mol. The van der Waals surface area contributed by atoms with Gasteiger partial charge in [-0.25, -0.2) is 4.39 Å². The minimum absolute atomic E-state index is 0.00890. The fourth-order valence-electron chi connectivity index (χ4n) is 2.43. The fourth-order valence-corrected chi connectivity index (χ4v) is 3.26. The predicted octanol–water partition coefficient (Wildman–Crippen LogP) is 4.00. The van der Waals surface area contributed by atoms with E-state index in [0.29, 0.717) is 10.6 Å². The molecule has 1 fully saturated rings. The molecule has 134 valence electrons. The van der Waals surface area contributed by atoms with Gasteiger partial charge in [-0.05, 0) is 53.7 Å². The third-order valence-corrected chi connectivity index (χ3v) is 4.75. The number of thioether (sulfide) groups is 1. The van der Waals surface area contributed by atoms with E-state index in [1.165, 1.54) is 12.1 Å². The number of imide groups is 1. The van der Waals surface area contributed by atoms with Crippen molar-refractivity contribution in [3.63, 3.8) is 0 Å². The van der Waals surface area contributed by atoms with Gasteiger partial charge >= 0.3 is 0 Å². The lowest BCUT2D eigenvalue weighted by molar-refractivity contribution is -0.122. The van der Waals surface area contributed by atoms with Crippen molar-refractivity contribution >= 4 is 40.4 Å². The van der Waals surface area contributed by atoms with Gasteiger partial charge in [0.2, 0.25) is 0 Å². The first-order chi connectivity index (χ1) is 12.4. The molecule has 0 saturated carbocycles. The van der Waals surface area contributed by atoms with Gasteiger partial charge in [-0.2, -0.15) is 0 Å². The Balaban J connectivity index is 1.69. The highest BCUT2D eigenvalue weighted by Gasteiger charge is 2.34. The SMILES string of the molecule is CN(C)c1ccc(C=C2SC(=O)N(CNc3cccc(F)c3)C2=O)cc1. The first kappa shape index (κ1) is 18.0. The van der Waals surface area contributed by atoms with E-state index in [0.717, 1.165) is 27.9 Å². The summed E-state index contributed by atoms with van der Waals surface area (Å²) in [7, 11) is 3.90. The van der Waals surface area contributed by atoms with Crippen LogP contribution in [0.25, 0.3) is 6.08 Å². The number of hydrogen-bond acceptors (Lipinski definition) is 5. The second-order valence-corrected chi connectivity index (χ2v) is 6.93. The first-order valence-corrected chi connectivity index (χ1v) is 8.78. The molecule has 0 bridgehead atoms. The molecule has 26 heavy (non-hydrogen) atoms. The summed E-state index contributed by atoms with van der Waals surface area (Å²) >= 11 is 0.899. The number of amides is 2. The highest BCUT2D eigenvalue weighted by atomic mass is 32.2. The average Bonchev–Trinajstić information content (AvgIpc) is 2.87. The zero-order chi connectivity index (χ0) is 18.7. The van der Waals surface area contributed by atoms with Crippen molar-refractivity contribution in [2.75, 3.05) is 31.0 Å². The Morgan fingerprint density at radius 1 is 1.15 bits per heavy atom. The van der Waals surface area contributed by atoms with Gasteiger partial charge in [0, 0.05) is 25.5 Å². The van der Waals surface area contributed by atoms with Gasteiger partial charge < -0.3 is 10.2 Å². The standard InChI is InChI=1S/C19H18FN3O2S/c1-22(2)16-8-6-13(7-9-16)10-17-18(24)23(19(25)26-17)12-21-15-5-3-4-14(20)11-15/h3-11,21H,12H2,1-2H3. The highest BCUT2D eigenvalue weighted by Crippen LogP contribution is 2.32. The van der Waals surface area contributed by atoms with Crippen molar-refractivity contribution in [3.8, 4) is 0 Å². The van der Waals surface area contributed by atoms with E-state index >= 15 is 0 Å². The van der Waals surface area contributed by atoms with Crippen LogP contribution in [-0.4, -0.2) is 36.8 Å². The summed E-state index contributed by atoms with van der Waals surface area (Å²) in [5.41, 5.74) is 2.40. The Bertz CT molecular complexity index is 865. The third-order valence-electron chi connectivity index (χ3n) is 3.85. The van der Waals surface area contributed by atoms with Crippen molar-refractivity contribution < 1.29 is 14.0 Å². The highest BCUT2D eigenvalue weighted by molar-refractivity contribution is 8.18. The number of carbonyl (C=O) groups is 2. The zero-order valence-electron chi connectivity index (χ0n) is 14.4. The van der Waals surface area contributed by atoms with Gasteiger partial charge in [0.1, 0.15) is 5.82 Å². The Labute approximate surface area is 155 Å².